The summed E-state index contributed by atoms with van der Waals surface area (Å²) >= 11 is 0. The van der Waals surface area contributed by atoms with Crippen LogP contribution in [0.1, 0.15) is 5.56 Å². The van der Waals surface area contributed by atoms with Crippen LogP contribution in [0.2, 0.25) is 0 Å². The molecule has 0 bridgehead atoms. The SMILES string of the molecule is Fc1ccc(COc2nccc(N3CCNCC3)n2)cc1. The molecular weight excluding hydrogens is 271 g/mol. The molecule has 0 atom stereocenters. The summed E-state index contributed by atoms with van der Waals surface area (Å²) in [5, 5.41) is 3.30. The molecule has 0 radical (unpaired) electrons. The molecule has 1 aliphatic heterocycles. The highest BCUT2D eigenvalue weighted by Gasteiger charge is 2.12. The number of ether oxygens (including phenoxy) is 1. The summed E-state index contributed by atoms with van der Waals surface area (Å²) in [6, 6.07) is 8.43. The second-order valence-corrected chi connectivity index (χ2v) is 4.85. The van der Waals surface area contributed by atoms with Gasteiger partial charge in [0.2, 0.25) is 0 Å². The standard InChI is InChI=1S/C15H17FN4O/c16-13-3-1-12(2-4-13)11-21-15-18-6-5-14(19-15)20-9-7-17-8-10-20/h1-6,17H,7-11H2. The van der Waals surface area contributed by atoms with Gasteiger partial charge in [-0.2, -0.15) is 4.98 Å². The zero-order valence-corrected chi connectivity index (χ0v) is 11.6. The van der Waals surface area contributed by atoms with Gasteiger partial charge in [-0.05, 0) is 23.8 Å². The largest absolute Gasteiger partial charge is 0.459 e. The molecule has 1 aliphatic rings. The molecule has 0 amide bonds. The van der Waals surface area contributed by atoms with Gasteiger partial charge >= 0.3 is 6.01 Å². The average molecular weight is 288 g/mol. The van der Waals surface area contributed by atoms with Crippen LogP contribution in [-0.2, 0) is 6.61 Å². The molecule has 21 heavy (non-hydrogen) atoms. The number of benzene rings is 1. The molecule has 1 aromatic heterocycles. The van der Waals surface area contributed by atoms with E-state index in [2.05, 4.69) is 20.2 Å². The number of hydrogen-bond donors (Lipinski definition) is 1. The molecule has 0 unspecified atom stereocenters. The van der Waals surface area contributed by atoms with Gasteiger partial charge < -0.3 is 15.0 Å². The van der Waals surface area contributed by atoms with E-state index in [1.807, 2.05) is 6.07 Å². The van der Waals surface area contributed by atoms with Gasteiger partial charge in [-0.25, -0.2) is 9.37 Å². The highest BCUT2D eigenvalue weighted by Crippen LogP contribution is 2.15. The fraction of sp³-hybridized carbons (Fsp3) is 0.333. The fourth-order valence-corrected chi connectivity index (χ4v) is 2.20. The number of aromatic nitrogens is 2. The third-order valence-electron chi connectivity index (χ3n) is 3.34. The van der Waals surface area contributed by atoms with Crippen molar-refractivity contribution in [1.82, 2.24) is 15.3 Å². The van der Waals surface area contributed by atoms with E-state index in [1.54, 1.807) is 18.3 Å². The van der Waals surface area contributed by atoms with Crippen molar-refractivity contribution in [2.24, 2.45) is 0 Å². The van der Waals surface area contributed by atoms with Crippen molar-refractivity contribution >= 4 is 5.82 Å². The van der Waals surface area contributed by atoms with Crippen LogP contribution in [0.25, 0.3) is 0 Å². The van der Waals surface area contributed by atoms with Crippen LogP contribution in [0, 0.1) is 5.82 Å². The first-order valence-electron chi connectivity index (χ1n) is 6.97. The van der Waals surface area contributed by atoms with Crippen molar-refractivity contribution in [1.29, 1.82) is 0 Å². The minimum atomic E-state index is -0.254. The maximum absolute atomic E-state index is 12.8. The number of piperazine rings is 1. The van der Waals surface area contributed by atoms with Crippen LogP contribution in [0.3, 0.4) is 0 Å². The molecule has 1 aromatic carbocycles. The Kier molecular flexibility index (Phi) is 4.25. The number of anilines is 1. The van der Waals surface area contributed by atoms with Gasteiger partial charge in [0.05, 0.1) is 0 Å². The second kappa shape index (κ2) is 6.49. The summed E-state index contributed by atoms with van der Waals surface area (Å²) in [7, 11) is 0. The van der Waals surface area contributed by atoms with E-state index in [4.69, 9.17) is 4.74 Å². The molecule has 110 valence electrons. The van der Waals surface area contributed by atoms with E-state index >= 15 is 0 Å². The van der Waals surface area contributed by atoms with Gasteiger partial charge in [0.15, 0.2) is 0 Å². The normalized spacial score (nSPS) is 15.0. The Balaban J connectivity index is 1.64. The summed E-state index contributed by atoms with van der Waals surface area (Å²) in [6.45, 7) is 4.08. The van der Waals surface area contributed by atoms with Gasteiger partial charge in [0.25, 0.3) is 0 Å². The second-order valence-electron chi connectivity index (χ2n) is 4.85. The number of hydrogen-bond acceptors (Lipinski definition) is 5. The van der Waals surface area contributed by atoms with Crippen LogP contribution in [0.5, 0.6) is 6.01 Å². The molecule has 0 saturated carbocycles. The van der Waals surface area contributed by atoms with E-state index < -0.39 is 0 Å². The molecule has 0 aliphatic carbocycles. The molecule has 0 spiro atoms. The number of halogens is 1. The van der Waals surface area contributed by atoms with E-state index in [9.17, 15) is 4.39 Å². The highest BCUT2D eigenvalue weighted by atomic mass is 19.1. The van der Waals surface area contributed by atoms with Gasteiger partial charge in [0.1, 0.15) is 18.2 Å². The summed E-state index contributed by atoms with van der Waals surface area (Å²) < 4.78 is 18.4. The molecule has 1 N–H and O–H groups in total. The Morgan fingerprint density at radius 1 is 1.14 bits per heavy atom. The predicted octanol–water partition coefficient (Wildman–Crippen LogP) is 1.60. The van der Waals surface area contributed by atoms with Gasteiger partial charge in [-0.15, -0.1) is 0 Å². The first kappa shape index (κ1) is 13.8. The summed E-state index contributed by atoms with van der Waals surface area (Å²) in [6.07, 6.45) is 1.70. The molecule has 3 rings (SSSR count). The molecule has 2 heterocycles. The first-order chi connectivity index (χ1) is 10.3. The van der Waals surface area contributed by atoms with Crippen molar-refractivity contribution in [3.05, 3.63) is 47.9 Å². The molecule has 5 nitrogen and oxygen atoms in total. The lowest BCUT2D eigenvalue weighted by atomic mass is 10.2. The molecular formula is C15H17FN4O. The average Bonchev–Trinajstić information content (AvgIpc) is 2.55. The quantitative estimate of drug-likeness (QED) is 0.926. The Morgan fingerprint density at radius 3 is 2.67 bits per heavy atom. The van der Waals surface area contributed by atoms with Crippen LogP contribution in [-0.4, -0.2) is 36.1 Å². The zero-order valence-electron chi connectivity index (χ0n) is 11.6. The predicted molar refractivity (Wildman–Crippen MR) is 77.8 cm³/mol. The summed E-state index contributed by atoms with van der Waals surface area (Å²) in [5.41, 5.74) is 0.882. The topological polar surface area (TPSA) is 50.3 Å². The van der Waals surface area contributed by atoms with Crippen LogP contribution >= 0.6 is 0 Å². The van der Waals surface area contributed by atoms with Gasteiger partial charge in [-0.1, -0.05) is 12.1 Å². The third-order valence-corrected chi connectivity index (χ3v) is 3.34. The molecule has 6 heteroatoms. The summed E-state index contributed by atoms with van der Waals surface area (Å²) in [5.74, 6) is 0.622. The Bertz CT molecular complexity index is 584. The monoisotopic (exact) mass is 288 g/mol. The van der Waals surface area contributed by atoms with Gasteiger partial charge in [0, 0.05) is 32.4 Å². The van der Waals surface area contributed by atoms with Crippen LogP contribution in [0.15, 0.2) is 36.5 Å². The maximum atomic E-state index is 12.8. The van der Waals surface area contributed by atoms with E-state index in [0.717, 1.165) is 37.6 Å². The van der Waals surface area contributed by atoms with Crippen molar-refractivity contribution < 1.29 is 9.13 Å². The minimum Gasteiger partial charge on any atom is -0.459 e. The minimum absolute atomic E-state index is 0.254. The maximum Gasteiger partial charge on any atom is 0.318 e. The number of nitrogens with zero attached hydrogens (tertiary/aromatic N) is 3. The van der Waals surface area contributed by atoms with Gasteiger partial charge in [-0.3, -0.25) is 0 Å². The Labute approximate surface area is 122 Å². The Hall–Kier alpha value is -2.21. The van der Waals surface area contributed by atoms with Crippen LogP contribution < -0.4 is 15.0 Å². The number of nitrogens with one attached hydrogen (secondary N) is 1. The van der Waals surface area contributed by atoms with E-state index in [0.29, 0.717) is 12.6 Å². The smallest absolute Gasteiger partial charge is 0.318 e. The van der Waals surface area contributed by atoms with Crippen molar-refractivity contribution in [2.75, 3.05) is 31.1 Å². The Morgan fingerprint density at radius 2 is 1.90 bits per heavy atom. The lowest BCUT2D eigenvalue weighted by molar-refractivity contribution is 0.280. The first-order valence-corrected chi connectivity index (χ1v) is 6.97. The third kappa shape index (κ3) is 3.66. The van der Waals surface area contributed by atoms with E-state index in [-0.39, 0.29) is 5.82 Å². The van der Waals surface area contributed by atoms with Crippen molar-refractivity contribution in [3.8, 4) is 6.01 Å². The molecule has 1 saturated heterocycles. The van der Waals surface area contributed by atoms with Crippen molar-refractivity contribution in [3.63, 3.8) is 0 Å². The molecule has 2 aromatic rings. The molecule has 1 fully saturated rings. The van der Waals surface area contributed by atoms with E-state index in [1.165, 1.54) is 12.1 Å². The lowest BCUT2D eigenvalue weighted by Crippen LogP contribution is -2.43. The lowest BCUT2D eigenvalue weighted by Gasteiger charge is -2.28. The number of rotatable bonds is 4. The van der Waals surface area contributed by atoms with Crippen LogP contribution in [0.4, 0.5) is 10.2 Å². The zero-order chi connectivity index (χ0) is 14.5. The van der Waals surface area contributed by atoms with Crippen molar-refractivity contribution in [2.45, 2.75) is 6.61 Å². The highest BCUT2D eigenvalue weighted by molar-refractivity contribution is 5.38. The summed E-state index contributed by atoms with van der Waals surface area (Å²) in [4.78, 5) is 10.7. The fourth-order valence-electron chi connectivity index (χ4n) is 2.20.